The molecule has 1 aliphatic heterocycles. The molecule has 0 saturated heterocycles. The van der Waals surface area contributed by atoms with Crippen LogP contribution in [0.25, 0.3) is 5.69 Å². The summed E-state index contributed by atoms with van der Waals surface area (Å²) in [4.78, 5) is 46.5. The second-order valence-electron chi connectivity index (χ2n) is 4.75. The van der Waals surface area contributed by atoms with E-state index in [2.05, 4.69) is 0 Å². The number of benzene rings is 1. The third-order valence-electron chi connectivity index (χ3n) is 3.39. The van der Waals surface area contributed by atoms with Crippen LogP contribution in [-0.2, 0) is 0 Å². The largest absolute Gasteiger partial charge is 0.478 e. The summed E-state index contributed by atoms with van der Waals surface area (Å²) in [6.45, 7) is 0. The van der Waals surface area contributed by atoms with E-state index in [9.17, 15) is 19.2 Å². The number of carbonyl (C=O) groups is 3. The maximum Gasteiger partial charge on any atom is 0.335 e. The average Bonchev–Trinajstić information content (AvgIpc) is 2.75. The van der Waals surface area contributed by atoms with Crippen LogP contribution in [0.2, 0.25) is 5.02 Å². The fraction of sp³-hybridized carbons (Fsp3) is 0. The minimum Gasteiger partial charge on any atom is -0.478 e. The molecule has 0 unspecified atom stereocenters. The smallest absolute Gasteiger partial charge is 0.335 e. The molecule has 8 nitrogen and oxygen atoms in total. The number of imide groups is 1. The summed E-state index contributed by atoms with van der Waals surface area (Å²) < 4.78 is 0.949. The third-order valence-corrected chi connectivity index (χ3v) is 3.69. The molecule has 2 heterocycles. The Labute approximate surface area is 133 Å². The number of fused-ring (bicyclic) bond motifs is 1. The van der Waals surface area contributed by atoms with E-state index in [0.29, 0.717) is 0 Å². The van der Waals surface area contributed by atoms with Gasteiger partial charge in [0.2, 0.25) is 0 Å². The molecule has 4 N–H and O–H groups in total. The number of carboxylic acids is 1. The minimum atomic E-state index is -1.18. The number of amides is 2. The highest BCUT2D eigenvalue weighted by Gasteiger charge is 2.32. The van der Waals surface area contributed by atoms with Crippen molar-refractivity contribution in [2.45, 2.75) is 0 Å². The van der Waals surface area contributed by atoms with Gasteiger partial charge in [-0.3, -0.25) is 24.3 Å². The standard InChI is InChI=1S/C14H8ClN3O5/c15-7-3-5(14(22)23)1-2-8(7)18-9(19)4-6-10(11(18)16)13(21)17-12(6)20/h1-4H,16H2,(H,22,23)(H,17,20,21). The molecule has 9 heteroatoms. The van der Waals surface area contributed by atoms with Crippen molar-refractivity contribution in [1.29, 1.82) is 0 Å². The molecular weight excluding hydrogens is 326 g/mol. The van der Waals surface area contributed by atoms with Gasteiger partial charge in [0.05, 0.1) is 27.4 Å². The van der Waals surface area contributed by atoms with Crippen LogP contribution in [0.15, 0.2) is 29.1 Å². The van der Waals surface area contributed by atoms with Gasteiger partial charge >= 0.3 is 5.97 Å². The van der Waals surface area contributed by atoms with E-state index in [-0.39, 0.29) is 33.2 Å². The maximum atomic E-state index is 12.2. The molecule has 23 heavy (non-hydrogen) atoms. The first-order chi connectivity index (χ1) is 10.8. The van der Waals surface area contributed by atoms with E-state index in [1.807, 2.05) is 5.32 Å². The molecule has 0 saturated carbocycles. The first-order valence-electron chi connectivity index (χ1n) is 6.25. The first kappa shape index (κ1) is 14.8. The number of pyridine rings is 1. The Morgan fingerprint density at radius 1 is 1.17 bits per heavy atom. The monoisotopic (exact) mass is 333 g/mol. The maximum absolute atomic E-state index is 12.2. The number of rotatable bonds is 2. The Morgan fingerprint density at radius 3 is 2.48 bits per heavy atom. The van der Waals surface area contributed by atoms with Crippen LogP contribution in [0.4, 0.5) is 5.82 Å². The molecular formula is C14H8ClN3O5. The quantitative estimate of drug-likeness (QED) is 0.691. The van der Waals surface area contributed by atoms with Crippen LogP contribution in [0.1, 0.15) is 31.1 Å². The van der Waals surface area contributed by atoms with Crippen LogP contribution < -0.4 is 16.6 Å². The zero-order valence-corrected chi connectivity index (χ0v) is 12.0. The number of carbonyl (C=O) groups excluding carboxylic acids is 2. The molecule has 116 valence electrons. The number of aromatic carboxylic acids is 1. The molecule has 0 atom stereocenters. The Bertz CT molecular complexity index is 964. The number of nitrogens with two attached hydrogens (primary N) is 1. The summed E-state index contributed by atoms with van der Waals surface area (Å²) >= 11 is 6.02. The van der Waals surface area contributed by atoms with Crippen molar-refractivity contribution in [2.24, 2.45) is 0 Å². The summed E-state index contributed by atoms with van der Waals surface area (Å²) in [5.41, 5.74) is 5.01. The summed E-state index contributed by atoms with van der Waals surface area (Å²) in [6, 6.07) is 4.68. The van der Waals surface area contributed by atoms with Crippen molar-refractivity contribution in [2.75, 3.05) is 5.73 Å². The van der Waals surface area contributed by atoms with Crippen molar-refractivity contribution >= 4 is 35.2 Å². The predicted octanol–water partition coefficient (Wildman–Crippen LogP) is 0.655. The number of aromatic nitrogens is 1. The summed E-state index contributed by atoms with van der Waals surface area (Å²) in [7, 11) is 0. The van der Waals surface area contributed by atoms with Gasteiger partial charge in [-0.15, -0.1) is 0 Å². The number of anilines is 1. The normalized spacial score (nSPS) is 12.9. The molecule has 0 aliphatic carbocycles. The van der Waals surface area contributed by atoms with Crippen molar-refractivity contribution in [3.8, 4) is 5.69 Å². The number of nitrogen functional groups attached to an aromatic ring is 1. The number of hydrogen-bond donors (Lipinski definition) is 3. The topological polar surface area (TPSA) is 131 Å². The lowest BCUT2D eigenvalue weighted by molar-refractivity contribution is 0.0696. The van der Waals surface area contributed by atoms with Crippen LogP contribution in [0.3, 0.4) is 0 Å². The lowest BCUT2D eigenvalue weighted by Gasteiger charge is -2.13. The second kappa shape index (κ2) is 4.96. The minimum absolute atomic E-state index is 0.0385. The molecule has 0 radical (unpaired) electrons. The van der Waals surface area contributed by atoms with E-state index in [0.717, 1.165) is 16.7 Å². The van der Waals surface area contributed by atoms with Crippen molar-refractivity contribution < 1.29 is 19.5 Å². The van der Waals surface area contributed by atoms with Gasteiger partial charge in [-0.05, 0) is 18.2 Å². The molecule has 0 fully saturated rings. The van der Waals surface area contributed by atoms with E-state index in [1.54, 1.807) is 0 Å². The van der Waals surface area contributed by atoms with Gasteiger partial charge in [0.15, 0.2) is 0 Å². The van der Waals surface area contributed by atoms with Gasteiger partial charge in [0.25, 0.3) is 17.4 Å². The van der Waals surface area contributed by atoms with Gasteiger partial charge in [-0.2, -0.15) is 0 Å². The zero-order chi connectivity index (χ0) is 16.9. The molecule has 1 aromatic carbocycles. The van der Waals surface area contributed by atoms with Crippen LogP contribution in [-0.4, -0.2) is 27.5 Å². The molecule has 3 rings (SSSR count). The summed E-state index contributed by atoms with van der Waals surface area (Å²) in [6.07, 6.45) is 0. The number of halogens is 1. The highest BCUT2D eigenvalue weighted by molar-refractivity contribution is 6.33. The fourth-order valence-electron chi connectivity index (χ4n) is 2.35. The van der Waals surface area contributed by atoms with Gasteiger partial charge in [0.1, 0.15) is 5.82 Å². The molecule has 0 spiro atoms. The third kappa shape index (κ3) is 2.16. The van der Waals surface area contributed by atoms with E-state index in [4.69, 9.17) is 22.4 Å². The van der Waals surface area contributed by atoms with Crippen LogP contribution in [0.5, 0.6) is 0 Å². The summed E-state index contributed by atoms with van der Waals surface area (Å²) in [5.74, 6) is -2.85. The molecule has 2 aromatic rings. The SMILES string of the molecule is Nc1c2c(cc(=O)n1-c1ccc(C(=O)O)cc1Cl)C(=O)NC2=O. The molecule has 1 aliphatic rings. The van der Waals surface area contributed by atoms with Crippen molar-refractivity contribution in [3.05, 3.63) is 56.3 Å². The first-order valence-corrected chi connectivity index (χ1v) is 6.63. The van der Waals surface area contributed by atoms with Crippen molar-refractivity contribution in [1.82, 2.24) is 9.88 Å². The highest BCUT2D eigenvalue weighted by atomic mass is 35.5. The van der Waals surface area contributed by atoms with Crippen LogP contribution in [0, 0.1) is 0 Å². The fourth-order valence-corrected chi connectivity index (χ4v) is 2.61. The Balaban J connectivity index is 2.29. The zero-order valence-electron chi connectivity index (χ0n) is 11.3. The number of nitrogens with zero attached hydrogens (tertiary/aromatic N) is 1. The van der Waals surface area contributed by atoms with Gasteiger partial charge in [-0.1, -0.05) is 11.6 Å². The molecule has 2 amide bonds. The van der Waals surface area contributed by atoms with E-state index < -0.39 is 23.3 Å². The van der Waals surface area contributed by atoms with Gasteiger partial charge in [0, 0.05) is 6.07 Å². The lowest BCUT2D eigenvalue weighted by Crippen LogP contribution is -2.24. The van der Waals surface area contributed by atoms with E-state index >= 15 is 0 Å². The van der Waals surface area contributed by atoms with Crippen molar-refractivity contribution in [3.63, 3.8) is 0 Å². The lowest BCUT2D eigenvalue weighted by atomic mass is 10.1. The summed E-state index contributed by atoms with van der Waals surface area (Å²) in [5, 5.41) is 10.9. The Morgan fingerprint density at radius 2 is 1.87 bits per heavy atom. The average molecular weight is 334 g/mol. The van der Waals surface area contributed by atoms with Gasteiger partial charge in [-0.25, -0.2) is 4.79 Å². The Kier molecular flexibility index (Phi) is 3.19. The molecule has 1 aromatic heterocycles. The number of nitrogens with one attached hydrogen (secondary N) is 1. The second-order valence-corrected chi connectivity index (χ2v) is 5.15. The number of carboxylic acid groups (broad SMARTS) is 1. The predicted molar refractivity (Wildman–Crippen MR) is 80.2 cm³/mol. The van der Waals surface area contributed by atoms with Gasteiger partial charge < -0.3 is 10.8 Å². The highest BCUT2D eigenvalue weighted by Crippen LogP contribution is 2.27. The molecule has 0 bridgehead atoms. The Hall–Kier alpha value is -3.13. The van der Waals surface area contributed by atoms with E-state index in [1.165, 1.54) is 12.1 Å². The number of hydrogen-bond acceptors (Lipinski definition) is 5. The van der Waals surface area contributed by atoms with Crippen LogP contribution >= 0.6 is 11.6 Å².